The lowest BCUT2D eigenvalue weighted by Gasteiger charge is -2.23. The highest BCUT2D eigenvalue weighted by Crippen LogP contribution is 2.03. The van der Waals surface area contributed by atoms with Gasteiger partial charge >= 0.3 is 5.97 Å². The molecule has 0 saturated carbocycles. The number of aromatic amines is 1. The molecule has 0 saturated heterocycles. The highest BCUT2D eigenvalue weighted by molar-refractivity contribution is 5.94. The maximum atomic E-state index is 12.8. The first-order valence-electron chi connectivity index (χ1n) is 10.4. The molecule has 0 bridgehead atoms. The summed E-state index contributed by atoms with van der Waals surface area (Å²) < 4.78 is 0. The summed E-state index contributed by atoms with van der Waals surface area (Å²) in [5.74, 6) is -4.45. The quantitative estimate of drug-likeness (QED) is 0.121. The molecule has 4 amide bonds. The van der Waals surface area contributed by atoms with E-state index in [0.29, 0.717) is 31.5 Å². The van der Waals surface area contributed by atoms with Crippen LogP contribution >= 0.6 is 0 Å². The van der Waals surface area contributed by atoms with Crippen LogP contribution in [0.4, 0.5) is 0 Å². The number of carboxylic acids is 1. The van der Waals surface area contributed by atoms with Crippen molar-refractivity contribution in [3.8, 4) is 0 Å². The van der Waals surface area contributed by atoms with Crippen LogP contribution in [0, 0.1) is 0 Å². The predicted octanol–water partition coefficient (Wildman–Crippen LogP) is -3.16. The third-order valence-corrected chi connectivity index (χ3v) is 4.69. The first kappa shape index (κ1) is 27.5. The molecule has 14 heteroatoms. The lowest BCUT2D eigenvalue weighted by atomic mass is 10.1. The number of imidazole rings is 1. The number of unbranched alkanes of at least 4 members (excludes halogenated alkanes) is 1. The molecule has 11 N–H and O–H groups in total. The lowest BCUT2D eigenvalue weighted by molar-refractivity contribution is -0.143. The molecule has 0 radical (unpaired) electrons. The molecule has 4 unspecified atom stereocenters. The van der Waals surface area contributed by atoms with E-state index in [1.54, 1.807) is 0 Å². The van der Waals surface area contributed by atoms with Gasteiger partial charge in [-0.15, -0.1) is 0 Å². The fourth-order valence-corrected chi connectivity index (χ4v) is 2.82. The Morgan fingerprint density at radius 3 is 2.27 bits per heavy atom. The summed E-state index contributed by atoms with van der Waals surface area (Å²) in [6.45, 7) is 1.80. The minimum absolute atomic E-state index is 0.0425. The van der Waals surface area contributed by atoms with E-state index in [4.69, 9.17) is 22.3 Å². The second-order valence-corrected chi connectivity index (χ2v) is 7.53. The number of H-pyrrole nitrogens is 1. The molecule has 0 fully saturated rings. The molecule has 0 spiro atoms. The van der Waals surface area contributed by atoms with E-state index in [0.717, 1.165) is 0 Å². The fraction of sp³-hybridized carbons (Fsp3) is 0.579. The Morgan fingerprint density at radius 1 is 1.06 bits per heavy atom. The van der Waals surface area contributed by atoms with Crippen LogP contribution in [0.1, 0.15) is 38.3 Å². The summed E-state index contributed by atoms with van der Waals surface area (Å²) in [6.07, 6.45) is 4.06. The maximum absolute atomic E-state index is 12.8. The molecule has 1 rings (SSSR count). The highest BCUT2D eigenvalue weighted by Gasteiger charge is 2.29. The molecule has 4 atom stereocenters. The average molecular weight is 469 g/mol. The van der Waals surface area contributed by atoms with Crippen LogP contribution in [-0.2, 0) is 30.4 Å². The number of aromatic nitrogens is 2. The van der Waals surface area contributed by atoms with Gasteiger partial charge in [-0.25, -0.2) is 9.78 Å². The van der Waals surface area contributed by atoms with Crippen molar-refractivity contribution < 1.29 is 29.1 Å². The van der Waals surface area contributed by atoms with Crippen molar-refractivity contribution in [2.75, 3.05) is 6.54 Å². The SMILES string of the molecule is CC(NC(=O)C(Cc1cnc[nH]1)NC(=O)C(N)CCCCN)C(=O)NC(CC(N)=O)C(=O)O. The van der Waals surface area contributed by atoms with Gasteiger partial charge in [-0.2, -0.15) is 0 Å². The van der Waals surface area contributed by atoms with Gasteiger partial charge in [0.15, 0.2) is 0 Å². The Bertz CT molecular complexity index is 815. The van der Waals surface area contributed by atoms with Crippen molar-refractivity contribution in [2.24, 2.45) is 17.2 Å². The van der Waals surface area contributed by atoms with Crippen molar-refractivity contribution in [3.63, 3.8) is 0 Å². The molecule has 0 aromatic carbocycles. The van der Waals surface area contributed by atoms with Gasteiger partial charge in [0.05, 0.1) is 18.8 Å². The summed E-state index contributed by atoms with van der Waals surface area (Å²) in [6, 6.07) is -4.65. The number of nitrogens with zero attached hydrogens (tertiary/aromatic N) is 1. The maximum Gasteiger partial charge on any atom is 0.326 e. The summed E-state index contributed by atoms with van der Waals surface area (Å²) >= 11 is 0. The Labute approximate surface area is 190 Å². The Morgan fingerprint density at radius 2 is 1.73 bits per heavy atom. The Kier molecular flexibility index (Phi) is 11.5. The second-order valence-electron chi connectivity index (χ2n) is 7.53. The third-order valence-electron chi connectivity index (χ3n) is 4.69. The normalized spacial score (nSPS) is 14.4. The van der Waals surface area contributed by atoms with Crippen LogP contribution in [0.25, 0.3) is 0 Å². The Balaban J connectivity index is 2.81. The van der Waals surface area contributed by atoms with Crippen molar-refractivity contribution in [1.82, 2.24) is 25.9 Å². The van der Waals surface area contributed by atoms with Gasteiger partial charge in [-0.3, -0.25) is 19.2 Å². The van der Waals surface area contributed by atoms with Crippen LogP contribution in [0.5, 0.6) is 0 Å². The van der Waals surface area contributed by atoms with E-state index in [9.17, 15) is 24.0 Å². The molecule has 33 heavy (non-hydrogen) atoms. The van der Waals surface area contributed by atoms with Crippen LogP contribution in [0.2, 0.25) is 0 Å². The summed E-state index contributed by atoms with van der Waals surface area (Å²) in [4.78, 5) is 66.5. The van der Waals surface area contributed by atoms with E-state index in [2.05, 4.69) is 25.9 Å². The summed E-state index contributed by atoms with van der Waals surface area (Å²) in [7, 11) is 0. The summed E-state index contributed by atoms with van der Waals surface area (Å²) in [5.41, 5.74) is 16.9. The topological polar surface area (TPSA) is 248 Å². The number of amides is 4. The number of nitrogens with one attached hydrogen (secondary N) is 4. The van der Waals surface area contributed by atoms with Crippen LogP contribution in [0.15, 0.2) is 12.5 Å². The third kappa shape index (κ3) is 10.1. The van der Waals surface area contributed by atoms with Gasteiger partial charge < -0.3 is 43.2 Å². The number of hydrogen-bond acceptors (Lipinski definition) is 8. The van der Waals surface area contributed by atoms with Gasteiger partial charge in [-0.05, 0) is 26.3 Å². The van der Waals surface area contributed by atoms with Crippen molar-refractivity contribution in [2.45, 2.75) is 63.2 Å². The standard InChI is InChI=1S/C19H32N8O6/c1-10(16(29)27-14(19(32)33)7-15(22)28)25-18(31)13(6-11-8-23-9-24-11)26-17(30)12(21)4-2-3-5-20/h8-10,12-14H,2-7,20-21H2,1H3,(H2,22,28)(H,23,24)(H,25,31)(H,26,30)(H,27,29)(H,32,33). The minimum atomic E-state index is -1.54. The zero-order valence-corrected chi connectivity index (χ0v) is 18.4. The zero-order chi connectivity index (χ0) is 25.0. The number of hydrogen-bond donors (Lipinski definition) is 8. The number of rotatable bonds is 15. The summed E-state index contributed by atoms with van der Waals surface area (Å²) in [5, 5.41) is 16.2. The zero-order valence-electron chi connectivity index (χ0n) is 18.4. The van der Waals surface area contributed by atoms with Crippen LogP contribution in [-0.4, -0.2) is 75.4 Å². The molecule has 0 aliphatic heterocycles. The van der Waals surface area contributed by atoms with Gasteiger partial charge in [0.2, 0.25) is 23.6 Å². The number of carbonyl (C=O) groups excluding carboxylic acids is 4. The van der Waals surface area contributed by atoms with Gasteiger partial charge in [0.25, 0.3) is 0 Å². The minimum Gasteiger partial charge on any atom is -0.480 e. The smallest absolute Gasteiger partial charge is 0.326 e. The number of nitrogens with two attached hydrogens (primary N) is 3. The van der Waals surface area contributed by atoms with E-state index in [-0.39, 0.29) is 6.42 Å². The monoisotopic (exact) mass is 468 g/mol. The Hall–Kier alpha value is -3.52. The number of aliphatic carboxylic acids is 1. The van der Waals surface area contributed by atoms with Crippen molar-refractivity contribution in [3.05, 3.63) is 18.2 Å². The van der Waals surface area contributed by atoms with Crippen molar-refractivity contribution in [1.29, 1.82) is 0 Å². The average Bonchev–Trinajstić information content (AvgIpc) is 3.25. The molecule has 0 aliphatic rings. The molecule has 0 aliphatic carbocycles. The lowest BCUT2D eigenvalue weighted by Crippen LogP contribution is -2.57. The molecular formula is C19H32N8O6. The number of carbonyl (C=O) groups is 5. The van der Waals surface area contributed by atoms with Crippen molar-refractivity contribution >= 4 is 29.6 Å². The first-order chi connectivity index (χ1) is 15.5. The molecule has 184 valence electrons. The van der Waals surface area contributed by atoms with E-state index in [1.165, 1.54) is 19.4 Å². The van der Waals surface area contributed by atoms with E-state index >= 15 is 0 Å². The first-order valence-corrected chi connectivity index (χ1v) is 10.4. The molecule has 14 nitrogen and oxygen atoms in total. The van der Waals surface area contributed by atoms with E-state index < -0.39 is 60.2 Å². The molecule has 1 aromatic heterocycles. The van der Waals surface area contributed by atoms with Gasteiger partial charge in [0, 0.05) is 18.3 Å². The van der Waals surface area contributed by atoms with Gasteiger partial charge in [0.1, 0.15) is 18.1 Å². The molecule has 1 heterocycles. The van der Waals surface area contributed by atoms with E-state index in [1.807, 2.05) is 0 Å². The van der Waals surface area contributed by atoms with Crippen LogP contribution < -0.4 is 33.2 Å². The second kappa shape index (κ2) is 13.8. The number of carboxylic acid groups (broad SMARTS) is 1. The number of primary amides is 1. The molecular weight excluding hydrogens is 436 g/mol. The predicted molar refractivity (Wildman–Crippen MR) is 116 cm³/mol. The van der Waals surface area contributed by atoms with Gasteiger partial charge in [-0.1, -0.05) is 6.42 Å². The largest absolute Gasteiger partial charge is 0.480 e. The molecule has 1 aromatic rings. The highest BCUT2D eigenvalue weighted by atomic mass is 16.4. The van der Waals surface area contributed by atoms with Crippen LogP contribution in [0.3, 0.4) is 0 Å². The fourth-order valence-electron chi connectivity index (χ4n) is 2.82.